The van der Waals surface area contributed by atoms with Crippen LogP contribution in [-0.4, -0.2) is 45.1 Å². The van der Waals surface area contributed by atoms with Crippen LogP contribution in [-0.2, 0) is 14.8 Å². The first-order valence-corrected chi connectivity index (χ1v) is 7.47. The summed E-state index contributed by atoms with van der Waals surface area (Å²) < 4.78 is 44.7. The van der Waals surface area contributed by atoms with Crippen molar-refractivity contribution in [1.82, 2.24) is 4.31 Å². The van der Waals surface area contributed by atoms with Gasteiger partial charge in [0.15, 0.2) is 0 Å². The number of ether oxygens (including phenoxy) is 1. The molecule has 2 N–H and O–H groups in total. The van der Waals surface area contributed by atoms with Crippen molar-refractivity contribution in [2.75, 3.05) is 26.2 Å². The quantitative estimate of drug-likeness (QED) is 0.878. The van der Waals surface area contributed by atoms with E-state index in [4.69, 9.17) is 10.5 Å². The van der Waals surface area contributed by atoms with Gasteiger partial charge in [0.05, 0.1) is 17.6 Å². The normalized spacial score (nSPS) is 21.5. The fourth-order valence-electron chi connectivity index (χ4n) is 2.09. The van der Waals surface area contributed by atoms with Crippen LogP contribution in [0.1, 0.15) is 5.56 Å². The second-order valence-electron chi connectivity index (χ2n) is 4.50. The van der Waals surface area contributed by atoms with Crippen molar-refractivity contribution in [3.63, 3.8) is 0 Å². The minimum atomic E-state index is -3.62. The third-order valence-corrected chi connectivity index (χ3v) is 5.14. The predicted octanol–water partition coefficient (Wildman–Crippen LogP) is 0.482. The Balaban J connectivity index is 2.31. The Morgan fingerprint density at radius 3 is 2.89 bits per heavy atom. The molecule has 1 aromatic rings. The highest BCUT2D eigenvalue weighted by Gasteiger charge is 2.31. The monoisotopic (exact) mass is 288 g/mol. The van der Waals surface area contributed by atoms with E-state index in [0.29, 0.717) is 12.2 Å². The van der Waals surface area contributed by atoms with Crippen LogP contribution >= 0.6 is 0 Å². The van der Waals surface area contributed by atoms with Gasteiger partial charge in [0, 0.05) is 19.6 Å². The Kier molecular flexibility index (Phi) is 4.19. The minimum Gasteiger partial charge on any atom is -0.374 e. The lowest BCUT2D eigenvalue weighted by Crippen LogP contribution is -2.48. The van der Waals surface area contributed by atoms with Gasteiger partial charge in [0.2, 0.25) is 10.0 Å². The Hall–Kier alpha value is -1.02. The molecule has 106 valence electrons. The first kappa shape index (κ1) is 14.4. The van der Waals surface area contributed by atoms with Gasteiger partial charge in [-0.3, -0.25) is 0 Å². The van der Waals surface area contributed by atoms with Gasteiger partial charge >= 0.3 is 0 Å². The van der Waals surface area contributed by atoms with E-state index < -0.39 is 15.8 Å². The highest BCUT2D eigenvalue weighted by molar-refractivity contribution is 7.89. The third kappa shape index (κ3) is 2.94. The number of morpholine rings is 1. The van der Waals surface area contributed by atoms with Crippen LogP contribution in [0.4, 0.5) is 4.39 Å². The lowest BCUT2D eigenvalue weighted by Gasteiger charge is -2.31. The molecule has 0 radical (unpaired) electrons. The lowest BCUT2D eigenvalue weighted by atomic mass is 10.2. The fraction of sp³-hybridized carbons (Fsp3) is 0.500. The van der Waals surface area contributed by atoms with Crippen molar-refractivity contribution >= 4 is 10.0 Å². The molecule has 1 heterocycles. The number of sulfonamides is 1. The van der Waals surface area contributed by atoms with Crippen LogP contribution in [0.15, 0.2) is 23.1 Å². The zero-order valence-corrected chi connectivity index (χ0v) is 11.5. The minimum absolute atomic E-state index is 0.131. The SMILES string of the molecule is Cc1cc(F)ccc1S(=O)(=O)N1CCOC(CN)C1. The van der Waals surface area contributed by atoms with E-state index in [1.807, 2.05) is 0 Å². The molecule has 0 aromatic heterocycles. The van der Waals surface area contributed by atoms with Crippen LogP contribution in [0.5, 0.6) is 0 Å². The molecule has 1 aliphatic heterocycles. The van der Waals surface area contributed by atoms with Gasteiger partial charge in [-0.15, -0.1) is 0 Å². The van der Waals surface area contributed by atoms with Crippen molar-refractivity contribution in [2.45, 2.75) is 17.9 Å². The van der Waals surface area contributed by atoms with Crippen molar-refractivity contribution < 1.29 is 17.5 Å². The smallest absolute Gasteiger partial charge is 0.243 e. The third-order valence-electron chi connectivity index (χ3n) is 3.12. The standard InChI is InChI=1S/C12H17FN2O3S/c1-9-6-10(13)2-3-12(9)19(16,17)15-4-5-18-11(7-14)8-15/h2-3,6,11H,4-5,7-8,14H2,1H3. The summed E-state index contributed by atoms with van der Waals surface area (Å²) in [6.45, 7) is 2.69. The lowest BCUT2D eigenvalue weighted by molar-refractivity contribution is 0.00449. The Labute approximate surface area is 112 Å². The molecule has 0 amide bonds. The zero-order chi connectivity index (χ0) is 14.0. The van der Waals surface area contributed by atoms with Gasteiger partial charge < -0.3 is 10.5 Å². The molecule has 19 heavy (non-hydrogen) atoms. The van der Waals surface area contributed by atoms with Crippen molar-refractivity contribution in [1.29, 1.82) is 0 Å². The topological polar surface area (TPSA) is 72.6 Å². The number of benzene rings is 1. The number of nitrogens with two attached hydrogens (primary N) is 1. The number of nitrogens with zero attached hydrogens (tertiary/aromatic N) is 1. The molecule has 1 atom stereocenters. The summed E-state index contributed by atoms with van der Waals surface area (Å²) in [5, 5.41) is 0. The summed E-state index contributed by atoms with van der Waals surface area (Å²) in [5.41, 5.74) is 5.90. The Morgan fingerprint density at radius 2 is 2.26 bits per heavy atom. The molecule has 1 fully saturated rings. The molecule has 0 saturated carbocycles. The van der Waals surface area contributed by atoms with Crippen LogP contribution in [0.3, 0.4) is 0 Å². The number of hydrogen-bond acceptors (Lipinski definition) is 4. The van der Waals surface area contributed by atoms with Gasteiger partial charge in [0.25, 0.3) is 0 Å². The van der Waals surface area contributed by atoms with Crippen LogP contribution in [0.25, 0.3) is 0 Å². The molecule has 1 saturated heterocycles. The molecular weight excluding hydrogens is 271 g/mol. The average Bonchev–Trinajstić information content (AvgIpc) is 2.38. The van der Waals surface area contributed by atoms with Gasteiger partial charge in [-0.25, -0.2) is 12.8 Å². The van der Waals surface area contributed by atoms with Gasteiger partial charge in [-0.05, 0) is 30.7 Å². The highest BCUT2D eigenvalue weighted by atomic mass is 32.2. The first-order chi connectivity index (χ1) is 8.95. The molecule has 2 rings (SSSR count). The maximum Gasteiger partial charge on any atom is 0.243 e. The van der Waals surface area contributed by atoms with E-state index >= 15 is 0 Å². The molecule has 5 nitrogen and oxygen atoms in total. The van der Waals surface area contributed by atoms with E-state index in [1.54, 1.807) is 6.92 Å². The van der Waals surface area contributed by atoms with E-state index in [1.165, 1.54) is 16.4 Å². The second kappa shape index (κ2) is 5.54. The summed E-state index contributed by atoms with van der Waals surface area (Å²) in [5.74, 6) is -0.446. The van der Waals surface area contributed by atoms with Gasteiger partial charge in [-0.2, -0.15) is 4.31 Å². The summed E-state index contributed by atoms with van der Waals surface area (Å²) in [4.78, 5) is 0.131. The van der Waals surface area contributed by atoms with Crippen LogP contribution in [0.2, 0.25) is 0 Å². The molecule has 7 heteroatoms. The molecular formula is C12H17FN2O3S. The highest BCUT2D eigenvalue weighted by Crippen LogP contribution is 2.22. The van der Waals surface area contributed by atoms with E-state index in [9.17, 15) is 12.8 Å². The summed E-state index contributed by atoms with van der Waals surface area (Å²) in [7, 11) is -3.62. The first-order valence-electron chi connectivity index (χ1n) is 6.03. The maximum absolute atomic E-state index is 13.0. The molecule has 0 bridgehead atoms. The van der Waals surface area contributed by atoms with Gasteiger partial charge in [0.1, 0.15) is 5.82 Å². The largest absolute Gasteiger partial charge is 0.374 e. The predicted molar refractivity (Wildman–Crippen MR) is 68.7 cm³/mol. The molecule has 1 aromatic carbocycles. The zero-order valence-electron chi connectivity index (χ0n) is 10.7. The fourth-order valence-corrected chi connectivity index (χ4v) is 3.76. The van der Waals surface area contributed by atoms with Crippen molar-refractivity contribution in [3.8, 4) is 0 Å². The number of hydrogen-bond donors (Lipinski definition) is 1. The van der Waals surface area contributed by atoms with Crippen molar-refractivity contribution in [3.05, 3.63) is 29.6 Å². The second-order valence-corrected chi connectivity index (χ2v) is 6.41. The average molecular weight is 288 g/mol. The number of aryl methyl sites for hydroxylation is 1. The molecule has 1 unspecified atom stereocenters. The molecule has 0 spiro atoms. The van der Waals surface area contributed by atoms with E-state index in [2.05, 4.69) is 0 Å². The molecule has 0 aliphatic carbocycles. The van der Waals surface area contributed by atoms with Gasteiger partial charge in [-0.1, -0.05) is 0 Å². The van der Waals surface area contributed by atoms with Crippen molar-refractivity contribution in [2.24, 2.45) is 5.73 Å². The van der Waals surface area contributed by atoms with Crippen LogP contribution in [0, 0.1) is 12.7 Å². The van der Waals surface area contributed by atoms with E-state index in [0.717, 1.165) is 6.07 Å². The maximum atomic E-state index is 13.0. The summed E-state index contributed by atoms with van der Waals surface area (Å²) >= 11 is 0. The Bertz CT molecular complexity index is 562. The van der Waals surface area contributed by atoms with Crippen LogP contribution < -0.4 is 5.73 Å². The summed E-state index contributed by atoms with van der Waals surface area (Å²) in [6.07, 6.45) is -0.288. The summed E-state index contributed by atoms with van der Waals surface area (Å²) in [6, 6.07) is 3.67. The molecule has 1 aliphatic rings. The number of halogens is 1. The number of rotatable bonds is 3. The van der Waals surface area contributed by atoms with E-state index in [-0.39, 0.29) is 30.6 Å². The Morgan fingerprint density at radius 1 is 1.53 bits per heavy atom.